The summed E-state index contributed by atoms with van der Waals surface area (Å²) in [6.45, 7) is 0. The number of H-pyrrole nitrogens is 1. The largest absolute Gasteiger partial charge is 0.291 e. The number of nitrogens with zero attached hydrogens (tertiary/aromatic N) is 1. The molecule has 1 aromatic carbocycles. The molecule has 2 heterocycles. The lowest BCUT2D eigenvalue weighted by atomic mass is 10.2. The number of nitrogens with one attached hydrogen (secondary N) is 1. The van der Waals surface area contributed by atoms with Gasteiger partial charge >= 0.3 is 0 Å². The number of benzene rings is 1. The van der Waals surface area contributed by atoms with Crippen LogP contribution in [0.1, 0.15) is 0 Å². The molecule has 0 amide bonds. The highest BCUT2D eigenvalue weighted by Crippen LogP contribution is 2.13. The number of aromatic nitrogens is 2. The maximum Gasteiger partial charge on any atom is 0.291 e. The van der Waals surface area contributed by atoms with Crippen LogP contribution in [0.5, 0.6) is 0 Å². The van der Waals surface area contributed by atoms with Crippen LogP contribution in [0.3, 0.4) is 0 Å². The molecule has 3 aromatic rings. The first-order chi connectivity index (χ1) is 7.45. The third-order valence-corrected chi connectivity index (χ3v) is 2.54. The van der Waals surface area contributed by atoms with Gasteiger partial charge in [0.2, 0.25) is 0 Å². The molecule has 0 aliphatic rings. The standard InChI is InChI=1S/C13H10N2/c1-2-6-11(7-3-1)13-14-10-12-8-4-5-9-15(12)13/h1-10H/p+1. The number of aromatic amines is 1. The van der Waals surface area contributed by atoms with Gasteiger partial charge in [0.15, 0.2) is 5.52 Å². The Morgan fingerprint density at radius 2 is 1.67 bits per heavy atom. The number of hydrogen-bond donors (Lipinski definition) is 1. The molecule has 0 saturated heterocycles. The van der Waals surface area contributed by atoms with Crippen molar-refractivity contribution in [2.45, 2.75) is 0 Å². The lowest BCUT2D eigenvalue weighted by molar-refractivity contribution is -0.498. The van der Waals surface area contributed by atoms with Gasteiger partial charge in [-0.1, -0.05) is 24.3 Å². The molecule has 2 aromatic heterocycles. The van der Waals surface area contributed by atoms with Crippen molar-refractivity contribution in [2.75, 3.05) is 0 Å². The second-order valence-electron chi connectivity index (χ2n) is 3.50. The van der Waals surface area contributed by atoms with Crippen LogP contribution in [0.2, 0.25) is 0 Å². The molecule has 0 saturated carbocycles. The van der Waals surface area contributed by atoms with E-state index in [1.54, 1.807) is 0 Å². The highest BCUT2D eigenvalue weighted by Gasteiger charge is 2.11. The van der Waals surface area contributed by atoms with Gasteiger partial charge in [0.05, 0.1) is 11.8 Å². The molecule has 2 heteroatoms. The van der Waals surface area contributed by atoms with E-state index in [-0.39, 0.29) is 0 Å². The smallest absolute Gasteiger partial charge is 0.242 e. The Morgan fingerprint density at radius 3 is 2.53 bits per heavy atom. The second-order valence-corrected chi connectivity index (χ2v) is 3.50. The summed E-state index contributed by atoms with van der Waals surface area (Å²) in [5.41, 5.74) is 2.38. The quantitative estimate of drug-likeness (QED) is 0.575. The van der Waals surface area contributed by atoms with Crippen molar-refractivity contribution in [1.29, 1.82) is 0 Å². The molecule has 0 radical (unpaired) electrons. The molecule has 2 nitrogen and oxygen atoms in total. The van der Waals surface area contributed by atoms with Gasteiger partial charge in [0.1, 0.15) is 6.20 Å². The van der Waals surface area contributed by atoms with Crippen molar-refractivity contribution in [2.24, 2.45) is 0 Å². The summed E-state index contributed by atoms with van der Waals surface area (Å²) in [7, 11) is 0. The normalized spacial score (nSPS) is 10.7. The first-order valence-corrected chi connectivity index (χ1v) is 4.98. The van der Waals surface area contributed by atoms with Crippen LogP contribution in [0.25, 0.3) is 16.9 Å². The van der Waals surface area contributed by atoms with Crippen LogP contribution in [0, 0.1) is 0 Å². The Hall–Kier alpha value is -2.09. The van der Waals surface area contributed by atoms with Crippen LogP contribution in [0.4, 0.5) is 0 Å². The summed E-state index contributed by atoms with van der Waals surface area (Å²) in [6, 6.07) is 16.5. The lowest BCUT2D eigenvalue weighted by Gasteiger charge is -1.93. The summed E-state index contributed by atoms with van der Waals surface area (Å²) in [5.74, 6) is 1.12. The Morgan fingerprint density at radius 1 is 0.867 bits per heavy atom. The van der Waals surface area contributed by atoms with E-state index in [0.29, 0.717) is 0 Å². The van der Waals surface area contributed by atoms with Crippen molar-refractivity contribution < 1.29 is 4.40 Å². The molecule has 15 heavy (non-hydrogen) atoms. The Bertz CT molecular complexity index is 582. The molecule has 0 bridgehead atoms. The average molecular weight is 195 g/mol. The van der Waals surface area contributed by atoms with Gasteiger partial charge in [-0.05, 0) is 24.3 Å². The van der Waals surface area contributed by atoms with Gasteiger partial charge in [-0.3, -0.25) is 0 Å². The molecular formula is C13H11N2+. The van der Waals surface area contributed by atoms with E-state index in [1.807, 2.05) is 36.5 Å². The fraction of sp³-hybridized carbons (Fsp3) is 0. The summed E-state index contributed by atoms with van der Waals surface area (Å²) >= 11 is 0. The molecule has 0 aliphatic heterocycles. The highest BCUT2D eigenvalue weighted by atomic mass is 15.0. The first-order valence-electron chi connectivity index (χ1n) is 4.98. The third-order valence-electron chi connectivity index (χ3n) is 2.54. The lowest BCUT2D eigenvalue weighted by Crippen LogP contribution is -2.20. The van der Waals surface area contributed by atoms with Gasteiger partial charge in [0.25, 0.3) is 5.82 Å². The molecule has 0 aliphatic carbocycles. The average Bonchev–Trinajstić information content (AvgIpc) is 2.74. The van der Waals surface area contributed by atoms with E-state index in [4.69, 9.17) is 0 Å². The highest BCUT2D eigenvalue weighted by molar-refractivity contribution is 5.54. The van der Waals surface area contributed by atoms with Gasteiger partial charge < -0.3 is 0 Å². The van der Waals surface area contributed by atoms with Crippen LogP contribution in [-0.4, -0.2) is 4.98 Å². The minimum absolute atomic E-state index is 1.12. The fourth-order valence-electron chi connectivity index (χ4n) is 1.81. The maximum atomic E-state index is 3.29. The maximum absolute atomic E-state index is 3.29. The molecule has 0 unspecified atom stereocenters. The van der Waals surface area contributed by atoms with Crippen LogP contribution < -0.4 is 4.40 Å². The summed E-state index contributed by atoms with van der Waals surface area (Å²) < 4.78 is 2.15. The zero-order chi connectivity index (χ0) is 10.1. The van der Waals surface area contributed by atoms with E-state index in [9.17, 15) is 0 Å². The predicted molar refractivity (Wildman–Crippen MR) is 59.4 cm³/mol. The monoisotopic (exact) mass is 195 g/mol. The predicted octanol–water partition coefficient (Wildman–Crippen LogP) is 2.42. The van der Waals surface area contributed by atoms with Crippen LogP contribution >= 0.6 is 0 Å². The SMILES string of the molecule is c1ccc(-c2[nH]cc3cccc[n+]23)cc1. The van der Waals surface area contributed by atoms with Crippen molar-refractivity contribution in [3.05, 3.63) is 60.9 Å². The second kappa shape index (κ2) is 3.24. The fourth-order valence-corrected chi connectivity index (χ4v) is 1.81. The number of imidazole rings is 1. The zero-order valence-electron chi connectivity index (χ0n) is 8.22. The van der Waals surface area contributed by atoms with E-state index in [0.717, 1.165) is 5.82 Å². The molecule has 0 atom stereocenters. The number of hydrogen-bond acceptors (Lipinski definition) is 0. The van der Waals surface area contributed by atoms with E-state index in [1.165, 1.54) is 11.1 Å². The van der Waals surface area contributed by atoms with Crippen molar-refractivity contribution in [1.82, 2.24) is 4.98 Å². The molecule has 0 fully saturated rings. The van der Waals surface area contributed by atoms with Gasteiger partial charge in [-0.2, -0.15) is 4.40 Å². The Kier molecular flexibility index (Phi) is 1.78. The topological polar surface area (TPSA) is 19.9 Å². The van der Waals surface area contributed by atoms with Gasteiger partial charge in [-0.25, -0.2) is 4.98 Å². The van der Waals surface area contributed by atoms with Crippen molar-refractivity contribution in [3.63, 3.8) is 0 Å². The third kappa shape index (κ3) is 1.31. The first kappa shape index (κ1) is 8.24. The Balaban J connectivity index is 2.28. The molecule has 3 rings (SSSR count). The van der Waals surface area contributed by atoms with Gasteiger partial charge in [-0.15, -0.1) is 0 Å². The minimum Gasteiger partial charge on any atom is -0.242 e. The summed E-state index contributed by atoms with van der Waals surface area (Å²) in [4.78, 5) is 3.29. The van der Waals surface area contributed by atoms with Crippen LogP contribution in [-0.2, 0) is 0 Å². The zero-order valence-corrected chi connectivity index (χ0v) is 8.22. The summed E-state index contributed by atoms with van der Waals surface area (Å²) in [5, 5.41) is 0. The molecule has 1 N–H and O–H groups in total. The minimum atomic E-state index is 1.12. The van der Waals surface area contributed by atoms with E-state index in [2.05, 4.69) is 33.8 Å². The number of pyridine rings is 1. The summed E-state index contributed by atoms with van der Waals surface area (Å²) in [6.07, 6.45) is 4.08. The Labute approximate surface area is 87.8 Å². The van der Waals surface area contributed by atoms with Crippen LogP contribution in [0.15, 0.2) is 60.9 Å². The molecule has 72 valence electrons. The van der Waals surface area contributed by atoms with Crippen molar-refractivity contribution in [3.8, 4) is 11.4 Å². The number of fused-ring (bicyclic) bond motifs is 1. The van der Waals surface area contributed by atoms with E-state index >= 15 is 0 Å². The van der Waals surface area contributed by atoms with E-state index < -0.39 is 0 Å². The molecular weight excluding hydrogens is 184 g/mol. The number of rotatable bonds is 1. The van der Waals surface area contributed by atoms with Gasteiger partial charge in [0, 0.05) is 0 Å². The molecule has 0 spiro atoms. The van der Waals surface area contributed by atoms with Crippen molar-refractivity contribution >= 4 is 5.52 Å².